The highest BCUT2D eigenvalue weighted by molar-refractivity contribution is 5.85. The zero-order valence-electron chi connectivity index (χ0n) is 15.4. The Kier molecular flexibility index (Phi) is 6.22. The van der Waals surface area contributed by atoms with Crippen molar-refractivity contribution in [2.75, 3.05) is 13.1 Å². The van der Waals surface area contributed by atoms with Gasteiger partial charge in [0.2, 0.25) is 5.91 Å². The van der Waals surface area contributed by atoms with E-state index in [1.807, 2.05) is 60.7 Å². The molecular formula is C22H25FN2O2. The van der Waals surface area contributed by atoms with Crippen molar-refractivity contribution >= 4 is 11.8 Å². The average molecular weight is 368 g/mol. The quantitative estimate of drug-likeness (QED) is 0.851. The third-order valence-corrected chi connectivity index (χ3v) is 5.08. The summed E-state index contributed by atoms with van der Waals surface area (Å²) in [6.45, 7) is 0.872. The maximum Gasteiger partial charge on any atom is 0.258 e. The Hall–Kier alpha value is -2.69. The normalized spacial score (nSPS) is 16.0. The molecule has 0 aliphatic carbocycles. The molecule has 1 N–H and O–H groups in total. The minimum absolute atomic E-state index is 0.0191. The van der Waals surface area contributed by atoms with Crippen molar-refractivity contribution in [1.82, 2.24) is 10.2 Å². The van der Waals surface area contributed by atoms with E-state index in [4.69, 9.17) is 0 Å². The molecular weight excluding hydrogens is 343 g/mol. The maximum atomic E-state index is 15.0. The zero-order chi connectivity index (χ0) is 19.1. The Morgan fingerprint density at radius 1 is 0.926 bits per heavy atom. The fourth-order valence-corrected chi connectivity index (χ4v) is 3.33. The highest BCUT2D eigenvalue weighted by Gasteiger charge is 2.42. The van der Waals surface area contributed by atoms with Crippen LogP contribution in [0.3, 0.4) is 0 Å². The summed E-state index contributed by atoms with van der Waals surface area (Å²) >= 11 is 0. The standard InChI is InChI=1S/C22H25FN2O2/c23-22(21(27)24-17-19-9-5-2-6-10-19)13-15-25(16-14-22)20(26)12-11-18-7-3-1-4-8-18/h1-10H,11-17H2,(H,24,27). The summed E-state index contributed by atoms with van der Waals surface area (Å²) in [5, 5.41) is 2.68. The molecule has 3 rings (SSSR count). The summed E-state index contributed by atoms with van der Waals surface area (Å²) < 4.78 is 15.0. The molecule has 0 unspecified atom stereocenters. The van der Waals surface area contributed by atoms with Gasteiger partial charge in [-0.1, -0.05) is 60.7 Å². The van der Waals surface area contributed by atoms with Crippen molar-refractivity contribution < 1.29 is 14.0 Å². The van der Waals surface area contributed by atoms with E-state index >= 15 is 4.39 Å². The fourth-order valence-electron chi connectivity index (χ4n) is 3.33. The first-order valence-electron chi connectivity index (χ1n) is 9.40. The van der Waals surface area contributed by atoms with Crippen LogP contribution in [0.5, 0.6) is 0 Å². The number of carbonyl (C=O) groups is 2. The van der Waals surface area contributed by atoms with Crippen molar-refractivity contribution in [2.45, 2.75) is 37.9 Å². The van der Waals surface area contributed by atoms with E-state index in [1.165, 1.54) is 0 Å². The number of carbonyl (C=O) groups excluding carboxylic acids is 2. The van der Waals surface area contributed by atoms with E-state index < -0.39 is 11.6 Å². The lowest BCUT2D eigenvalue weighted by atomic mass is 9.92. The number of nitrogens with one attached hydrogen (secondary N) is 1. The van der Waals surface area contributed by atoms with Gasteiger partial charge in [0.15, 0.2) is 5.67 Å². The van der Waals surface area contributed by atoms with Crippen LogP contribution in [0.15, 0.2) is 60.7 Å². The first-order chi connectivity index (χ1) is 13.1. The number of alkyl halides is 1. The van der Waals surface area contributed by atoms with Crippen molar-refractivity contribution in [3.63, 3.8) is 0 Å². The third-order valence-electron chi connectivity index (χ3n) is 5.08. The van der Waals surface area contributed by atoms with Gasteiger partial charge in [-0.15, -0.1) is 0 Å². The molecule has 5 heteroatoms. The Labute approximate surface area is 159 Å². The van der Waals surface area contributed by atoms with Crippen LogP contribution in [-0.4, -0.2) is 35.5 Å². The summed E-state index contributed by atoms with van der Waals surface area (Å²) in [6, 6.07) is 19.3. The fraction of sp³-hybridized carbons (Fsp3) is 0.364. The lowest BCUT2D eigenvalue weighted by Crippen LogP contribution is -2.52. The smallest absolute Gasteiger partial charge is 0.258 e. The number of benzene rings is 2. The van der Waals surface area contributed by atoms with Gasteiger partial charge >= 0.3 is 0 Å². The van der Waals surface area contributed by atoms with Gasteiger partial charge in [-0.25, -0.2) is 4.39 Å². The molecule has 0 saturated carbocycles. The lowest BCUT2D eigenvalue weighted by molar-refractivity contribution is -0.142. The van der Waals surface area contributed by atoms with Gasteiger partial charge in [-0.05, 0) is 17.5 Å². The number of piperidine rings is 1. The van der Waals surface area contributed by atoms with E-state index in [9.17, 15) is 9.59 Å². The number of hydrogen-bond acceptors (Lipinski definition) is 2. The summed E-state index contributed by atoms with van der Waals surface area (Å²) in [5.41, 5.74) is 0.149. The van der Waals surface area contributed by atoms with Gasteiger partial charge in [0.1, 0.15) is 0 Å². The predicted molar refractivity (Wildman–Crippen MR) is 103 cm³/mol. The maximum absolute atomic E-state index is 15.0. The van der Waals surface area contributed by atoms with Crippen LogP contribution < -0.4 is 5.32 Å². The topological polar surface area (TPSA) is 49.4 Å². The predicted octanol–water partition coefficient (Wildman–Crippen LogP) is 3.27. The van der Waals surface area contributed by atoms with E-state index in [0.29, 0.717) is 19.4 Å². The molecule has 2 aromatic rings. The lowest BCUT2D eigenvalue weighted by Gasteiger charge is -2.35. The highest BCUT2D eigenvalue weighted by atomic mass is 19.1. The number of halogens is 1. The van der Waals surface area contributed by atoms with Gasteiger partial charge in [-0.2, -0.15) is 0 Å². The highest BCUT2D eigenvalue weighted by Crippen LogP contribution is 2.27. The summed E-state index contributed by atoms with van der Waals surface area (Å²) in [7, 11) is 0. The molecule has 0 bridgehead atoms. The van der Waals surface area contributed by atoms with E-state index in [0.717, 1.165) is 11.1 Å². The molecule has 1 saturated heterocycles. The van der Waals surface area contributed by atoms with Crippen LogP contribution in [0, 0.1) is 0 Å². The number of nitrogens with zero attached hydrogens (tertiary/aromatic N) is 1. The molecule has 0 aromatic heterocycles. The van der Waals surface area contributed by atoms with E-state index in [1.54, 1.807) is 4.90 Å². The molecule has 0 atom stereocenters. The van der Waals surface area contributed by atoms with Crippen LogP contribution in [0.2, 0.25) is 0 Å². The second-order valence-electron chi connectivity index (χ2n) is 7.00. The minimum Gasteiger partial charge on any atom is -0.349 e. The van der Waals surface area contributed by atoms with Crippen LogP contribution in [0.25, 0.3) is 0 Å². The SMILES string of the molecule is O=C(CCc1ccccc1)N1CCC(F)(C(=O)NCc2ccccc2)CC1. The van der Waals surface area contributed by atoms with Gasteiger partial charge in [-0.3, -0.25) is 9.59 Å². The number of aryl methyl sites for hydroxylation is 1. The van der Waals surface area contributed by atoms with Crippen molar-refractivity contribution in [3.8, 4) is 0 Å². The molecule has 27 heavy (non-hydrogen) atoms. The summed E-state index contributed by atoms with van der Waals surface area (Å²) in [6.07, 6.45) is 1.17. The first-order valence-corrected chi connectivity index (χ1v) is 9.40. The van der Waals surface area contributed by atoms with Gasteiger partial charge in [0.25, 0.3) is 5.91 Å². The monoisotopic (exact) mass is 368 g/mol. The molecule has 4 nitrogen and oxygen atoms in total. The Balaban J connectivity index is 1.45. The Bertz CT molecular complexity index is 756. The van der Waals surface area contributed by atoms with E-state index in [-0.39, 0.29) is 31.8 Å². The van der Waals surface area contributed by atoms with Gasteiger partial charge in [0.05, 0.1) is 0 Å². The van der Waals surface area contributed by atoms with Crippen LogP contribution >= 0.6 is 0 Å². The summed E-state index contributed by atoms with van der Waals surface area (Å²) in [4.78, 5) is 26.3. The number of hydrogen-bond donors (Lipinski definition) is 1. The molecule has 2 aromatic carbocycles. The number of amides is 2. The van der Waals surface area contributed by atoms with Gasteiger partial charge in [0, 0.05) is 38.9 Å². The molecule has 142 valence electrons. The Morgan fingerprint density at radius 2 is 1.48 bits per heavy atom. The van der Waals surface area contributed by atoms with Crippen LogP contribution in [0.4, 0.5) is 4.39 Å². The Morgan fingerprint density at radius 3 is 2.07 bits per heavy atom. The first kappa shape index (κ1) is 19.1. The summed E-state index contributed by atoms with van der Waals surface area (Å²) in [5.74, 6) is -0.562. The molecule has 2 amide bonds. The second kappa shape index (κ2) is 8.80. The minimum atomic E-state index is -1.90. The molecule has 0 spiro atoms. The largest absolute Gasteiger partial charge is 0.349 e. The molecule has 1 aliphatic heterocycles. The van der Waals surface area contributed by atoms with E-state index in [2.05, 4.69) is 5.32 Å². The van der Waals surface area contributed by atoms with Crippen molar-refractivity contribution in [1.29, 1.82) is 0 Å². The molecule has 1 aliphatic rings. The van der Waals surface area contributed by atoms with Crippen LogP contribution in [0.1, 0.15) is 30.4 Å². The van der Waals surface area contributed by atoms with Crippen molar-refractivity contribution in [3.05, 3.63) is 71.8 Å². The molecule has 1 heterocycles. The van der Waals surface area contributed by atoms with Crippen LogP contribution in [-0.2, 0) is 22.6 Å². The average Bonchev–Trinajstić information content (AvgIpc) is 2.72. The second-order valence-corrected chi connectivity index (χ2v) is 7.00. The number of rotatable bonds is 6. The molecule has 0 radical (unpaired) electrons. The van der Waals surface area contributed by atoms with Gasteiger partial charge < -0.3 is 10.2 Å². The third kappa shape index (κ3) is 5.16. The molecule has 1 fully saturated rings. The van der Waals surface area contributed by atoms with Crippen molar-refractivity contribution in [2.24, 2.45) is 0 Å². The zero-order valence-corrected chi connectivity index (χ0v) is 15.4. The number of likely N-dealkylation sites (tertiary alicyclic amines) is 1.